The minimum atomic E-state index is -3.57. The van der Waals surface area contributed by atoms with Gasteiger partial charge in [-0.1, -0.05) is 36.4 Å². The molecule has 0 fully saturated rings. The summed E-state index contributed by atoms with van der Waals surface area (Å²) in [6.45, 7) is 0.202. The number of alkyl halides is 2. The Morgan fingerprint density at radius 1 is 1.06 bits per heavy atom. The quantitative estimate of drug-likeness (QED) is 0.771. The Bertz CT molecular complexity index is 509. The van der Waals surface area contributed by atoms with Crippen LogP contribution in [0.1, 0.15) is 18.9 Å². The first-order valence-corrected chi connectivity index (χ1v) is 5.21. The monoisotopic (exact) mass is 235 g/mol. The van der Waals surface area contributed by atoms with Gasteiger partial charge in [0.25, 0.3) is 6.40 Å². The molecule has 0 N–H and O–H groups in total. The van der Waals surface area contributed by atoms with E-state index in [0.29, 0.717) is 11.3 Å². The van der Waals surface area contributed by atoms with Crippen molar-refractivity contribution in [2.24, 2.45) is 0 Å². The van der Waals surface area contributed by atoms with Crippen molar-refractivity contribution in [3.63, 3.8) is 0 Å². The number of halogens is 2. The predicted octanol–water partition coefficient (Wildman–Crippen LogP) is 4.20. The number of benzene rings is 2. The molecule has 17 heavy (non-hydrogen) atoms. The van der Waals surface area contributed by atoms with E-state index in [1.807, 2.05) is 18.2 Å². The lowest BCUT2D eigenvalue weighted by molar-refractivity contribution is 0.151. The van der Waals surface area contributed by atoms with Crippen LogP contribution < -0.4 is 4.74 Å². The van der Waals surface area contributed by atoms with Gasteiger partial charge in [0.05, 0.1) is 0 Å². The lowest BCUT2D eigenvalue weighted by atomic mass is 10.1. The molecule has 0 saturated heterocycles. The van der Waals surface area contributed by atoms with Crippen LogP contribution in [0.15, 0.2) is 54.6 Å². The summed E-state index contributed by atoms with van der Waals surface area (Å²) in [5, 5.41) is 0. The molecule has 0 aliphatic carbocycles. The molecule has 2 aromatic rings. The summed E-state index contributed by atoms with van der Waals surface area (Å²) in [5.41, 5.74) is 0.292. The maximum absolute atomic E-state index is 12.8. The average molecular weight is 235 g/mol. The van der Waals surface area contributed by atoms with Crippen LogP contribution in [-0.2, 0) is 6.61 Å². The summed E-state index contributed by atoms with van der Waals surface area (Å²) < 4.78 is 37.8. The highest BCUT2D eigenvalue weighted by Crippen LogP contribution is 2.20. The van der Waals surface area contributed by atoms with Crippen molar-refractivity contribution < 1.29 is 14.9 Å². The van der Waals surface area contributed by atoms with E-state index in [-0.39, 0.29) is 12.2 Å². The lowest BCUT2D eigenvalue weighted by Crippen LogP contribution is -1.96. The van der Waals surface area contributed by atoms with E-state index >= 15 is 0 Å². The zero-order chi connectivity index (χ0) is 13.0. The molecule has 0 aliphatic heterocycles. The van der Waals surface area contributed by atoms with Crippen molar-refractivity contribution in [3.05, 3.63) is 65.7 Å². The molecule has 1 nitrogen and oxygen atoms in total. The van der Waals surface area contributed by atoms with E-state index in [1.165, 1.54) is 18.2 Å². The standard InChI is InChI=1S/C14H12F2O/c15-14(16)12-6-4-5-11(9-12)10-17-13-7-2-1-3-8-13/h1-9,14H,10H2/i14D. The van der Waals surface area contributed by atoms with E-state index in [4.69, 9.17) is 6.11 Å². The summed E-state index contributed by atoms with van der Waals surface area (Å²) in [4.78, 5) is 0. The van der Waals surface area contributed by atoms with Gasteiger partial charge in [0.2, 0.25) is 0 Å². The van der Waals surface area contributed by atoms with Crippen LogP contribution in [0.2, 0.25) is 0 Å². The van der Waals surface area contributed by atoms with Gasteiger partial charge < -0.3 is 4.74 Å². The first-order chi connectivity index (χ1) is 8.55. The molecule has 0 amide bonds. The Labute approximate surface area is 100 Å². The molecule has 0 radical (unpaired) electrons. The molecule has 0 heterocycles. The van der Waals surface area contributed by atoms with Gasteiger partial charge in [0.15, 0.2) is 0 Å². The number of rotatable bonds is 4. The zero-order valence-corrected chi connectivity index (χ0v) is 9.07. The Morgan fingerprint density at radius 3 is 2.53 bits per heavy atom. The van der Waals surface area contributed by atoms with E-state index < -0.39 is 6.40 Å². The van der Waals surface area contributed by atoms with Crippen LogP contribution in [0.3, 0.4) is 0 Å². The van der Waals surface area contributed by atoms with Gasteiger partial charge >= 0.3 is 0 Å². The molecule has 0 aromatic heterocycles. The molecule has 2 rings (SSSR count). The van der Waals surface area contributed by atoms with Crippen LogP contribution in [0.4, 0.5) is 8.78 Å². The van der Waals surface area contributed by atoms with Crippen molar-refractivity contribution in [1.82, 2.24) is 0 Å². The van der Waals surface area contributed by atoms with Crippen molar-refractivity contribution in [1.29, 1.82) is 0 Å². The fourth-order valence-electron chi connectivity index (χ4n) is 1.46. The highest BCUT2D eigenvalue weighted by atomic mass is 19.3. The van der Waals surface area contributed by atoms with Crippen LogP contribution in [0.25, 0.3) is 0 Å². The molecule has 0 aliphatic rings. The second kappa shape index (κ2) is 5.43. The second-order valence-electron chi connectivity index (χ2n) is 3.56. The maximum atomic E-state index is 12.8. The minimum Gasteiger partial charge on any atom is -0.489 e. The number of hydrogen-bond acceptors (Lipinski definition) is 1. The molecule has 3 heteroatoms. The van der Waals surface area contributed by atoms with Gasteiger partial charge in [-0.25, -0.2) is 8.78 Å². The Morgan fingerprint density at radius 2 is 1.82 bits per heavy atom. The summed E-state index contributed by atoms with van der Waals surface area (Å²) in [7, 11) is 0. The summed E-state index contributed by atoms with van der Waals surface area (Å²) in [5.74, 6) is 0.681. The van der Waals surface area contributed by atoms with E-state index in [1.54, 1.807) is 18.2 Å². The predicted molar refractivity (Wildman–Crippen MR) is 62.2 cm³/mol. The highest BCUT2D eigenvalue weighted by Gasteiger charge is 2.06. The second-order valence-corrected chi connectivity index (χ2v) is 3.56. The number of hydrogen-bond donors (Lipinski definition) is 0. The normalized spacial score (nSPS) is 12.0. The van der Waals surface area contributed by atoms with E-state index in [2.05, 4.69) is 0 Å². The van der Waals surface area contributed by atoms with Crippen molar-refractivity contribution in [2.75, 3.05) is 0 Å². The first-order valence-electron chi connectivity index (χ1n) is 5.71. The van der Waals surface area contributed by atoms with Gasteiger partial charge in [0, 0.05) is 5.56 Å². The third-order valence-corrected chi connectivity index (χ3v) is 2.29. The van der Waals surface area contributed by atoms with E-state index in [9.17, 15) is 8.78 Å². The molecular weight excluding hydrogens is 222 g/mol. The Kier molecular flexibility index (Phi) is 3.28. The molecule has 0 spiro atoms. The SMILES string of the molecule is [2H]C(F)(F)c1cccc(COc2ccccc2)c1. The summed E-state index contributed by atoms with van der Waals surface area (Å²) in [6, 6.07) is 14.8. The number of para-hydroxylation sites is 1. The summed E-state index contributed by atoms with van der Waals surface area (Å²) >= 11 is 0. The van der Waals surface area contributed by atoms with Crippen molar-refractivity contribution in [3.8, 4) is 5.75 Å². The Balaban J connectivity index is 2.06. The molecule has 0 saturated carbocycles. The lowest BCUT2D eigenvalue weighted by Gasteiger charge is -2.07. The number of ether oxygens (including phenoxy) is 1. The smallest absolute Gasteiger partial charge is 0.263 e. The van der Waals surface area contributed by atoms with Crippen LogP contribution in [0.5, 0.6) is 5.75 Å². The maximum Gasteiger partial charge on any atom is 0.263 e. The van der Waals surface area contributed by atoms with Gasteiger partial charge in [-0.2, -0.15) is 0 Å². The minimum absolute atomic E-state index is 0.202. The molecule has 0 bridgehead atoms. The summed E-state index contributed by atoms with van der Waals surface area (Å²) in [6.07, 6.45) is -3.57. The largest absolute Gasteiger partial charge is 0.489 e. The zero-order valence-electron chi connectivity index (χ0n) is 10.1. The van der Waals surface area contributed by atoms with Crippen LogP contribution in [0, 0.1) is 0 Å². The third kappa shape index (κ3) is 3.28. The average Bonchev–Trinajstić information content (AvgIpc) is 2.37. The topological polar surface area (TPSA) is 9.23 Å². The molecule has 88 valence electrons. The van der Waals surface area contributed by atoms with Gasteiger partial charge in [0.1, 0.15) is 13.7 Å². The van der Waals surface area contributed by atoms with Crippen LogP contribution in [-0.4, -0.2) is 0 Å². The third-order valence-electron chi connectivity index (χ3n) is 2.29. The fraction of sp³-hybridized carbons (Fsp3) is 0.143. The molecule has 0 unspecified atom stereocenters. The van der Waals surface area contributed by atoms with Crippen LogP contribution >= 0.6 is 0 Å². The van der Waals surface area contributed by atoms with Crippen molar-refractivity contribution in [2.45, 2.75) is 13.0 Å². The molecule has 0 atom stereocenters. The Hall–Kier alpha value is -1.90. The fourth-order valence-corrected chi connectivity index (χ4v) is 1.46. The first kappa shape index (κ1) is 10.3. The van der Waals surface area contributed by atoms with Crippen molar-refractivity contribution >= 4 is 0 Å². The van der Waals surface area contributed by atoms with E-state index in [0.717, 1.165) is 0 Å². The molecule has 2 aromatic carbocycles. The highest BCUT2D eigenvalue weighted by molar-refractivity contribution is 5.25. The van der Waals surface area contributed by atoms with Gasteiger partial charge in [-0.15, -0.1) is 0 Å². The van der Waals surface area contributed by atoms with Gasteiger partial charge in [-0.05, 0) is 23.8 Å². The van der Waals surface area contributed by atoms with Gasteiger partial charge in [-0.3, -0.25) is 0 Å². The molecular formula is C14H12F2O.